The summed E-state index contributed by atoms with van der Waals surface area (Å²) in [6, 6.07) is 26.4. The smallest absolute Gasteiger partial charge is 0.373 e. The summed E-state index contributed by atoms with van der Waals surface area (Å²) in [4.78, 5) is 52.2. The highest BCUT2D eigenvalue weighted by Crippen LogP contribution is 2.25. The lowest BCUT2D eigenvalue weighted by molar-refractivity contribution is -0.191. The van der Waals surface area contributed by atoms with E-state index < -0.39 is 11.4 Å². The molecule has 0 saturated carbocycles. The van der Waals surface area contributed by atoms with Crippen LogP contribution in [0.15, 0.2) is 84.9 Å². The van der Waals surface area contributed by atoms with Gasteiger partial charge >= 0.3 is 12.1 Å². The summed E-state index contributed by atoms with van der Waals surface area (Å²) in [7, 11) is 3.33. The molecule has 0 fully saturated rings. The van der Waals surface area contributed by atoms with Crippen molar-refractivity contribution < 1.29 is 42.6 Å². The number of aryl methyl sites for hydroxylation is 2. The highest BCUT2D eigenvalue weighted by Gasteiger charge is 2.18. The van der Waals surface area contributed by atoms with Crippen LogP contribution in [0, 0.1) is 25.1 Å². The van der Waals surface area contributed by atoms with Crippen LogP contribution in [0.25, 0.3) is 0 Å². The van der Waals surface area contributed by atoms with Gasteiger partial charge in [0.15, 0.2) is 12.6 Å². The number of methoxy groups -OCH3 is 2. The van der Waals surface area contributed by atoms with E-state index in [1.54, 1.807) is 27.2 Å². The lowest BCUT2D eigenvalue weighted by atomic mass is 9.91. The molecular weight excluding hydrogens is 752 g/mol. The van der Waals surface area contributed by atoms with Crippen molar-refractivity contribution in [3.05, 3.63) is 124 Å². The quantitative estimate of drug-likeness (QED) is 0.0663. The second kappa shape index (κ2) is 27.1. The van der Waals surface area contributed by atoms with Crippen LogP contribution in [0.5, 0.6) is 11.5 Å². The number of aldehydes is 2. The van der Waals surface area contributed by atoms with Crippen LogP contribution in [-0.2, 0) is 32.2 Å². The number of nitrogens with zero attached hydrogens (tertiary/aromatic N) is 1. The van der Waals surface area contributed by atoms with E-state index in [-0.39, 0.29) is 17.7 Å². The third-order valence-electron chi connectivity index (χ3n) is 8.47. The van der Waals surface area contributed by atoms with Crippen molar-refractivity contribution in [3.8, 4) is 11.5 Å². The Balaban J connectivity index is 0.000000485. The Morgan fingerprint density at radius 1 is 0.746 bits per heavy atom. The Kier molecular flexibility index (Phi) is 23.6. The molecule has 4 aromatic rings. The van der Waals surface area contributed by atoms with Crippen molar-refractivity contribution in [1.82, 2.24) is 5.32 Å². The number of carbonyl (C=O) groups is 3. The molecule has 10 nitrogen and oxygen atoms in total. The Morgan fingerprint density at radius 3 is 1.73 bits per heavy atom. The minimum Gasteiger partial charge on any atom is -0.497 e. The van der Waals surface area contributed by atoms with Crippen LogP contribution in [0.4, 0.5) is 10.1 Å². The molecule has 320 valence electrons. The Labute approximate surface area is 350 Å². The van der Waals surface area contributed by atoms with Crippen molar-refractivity contribution in [1.29, 1.82) is 0 Å². The predicted molar refractivity (Wildman–Crippen MR) is 231 cm³/mol. The van der Waals surface area contributed by atoms with E-state index in [4.69, 9.17) is 23.8 Å². The molecule has 11 heteroatoms. The summed E-state index contributed by atoms with van der Waals surface area (Å²) in [6.07, 6.45) is 5.11. The van der Waals surface area contributed by atoms with E-state index in [1.165, 1.54) is 30.5 Å². The molecule has 1 N–H and O–H groups in total. The molecule has 0 aliphatic carbocycles. The average molecular weight is 815 g/mol. The molecule has 0 bridgehead atoms. The van der Waals surface area contributed by atoms with E-state index in [0.717, 1.165) is 53.3 Å². The first-order valence-corrected chi connectivity index (χ1v) is 19.6. The van der Waals surface area contributed by atoms with E-state index in [1.807, 2.05) is 82.3 Å². The molecule has 59 heavy (non-hydrogen) atoms. The van der Waals surface area contributed by atoms with Gasteiger partial charge in [0.1, 0.15) is 22.9 Å². The zero-order valence-corrected chi connectivity index (χ0v) is 36.5. The fraction of sp³-hybridized carbons (Fsp3) is 0.417. The van der Waals surface area contributed by atoms with Crippen molar-refractivity contribution in [2.45, 2.75) is 99.8 Å². The molecule has 0 aliphatic rings. The normalized spacial score (nSPS) is 10.5. The SMILES string of the molecule is COc1ccc(CN(CCCC(=O)OC(C)(C)C)c2cc(C)ccc2C=O)cc1.COc1ccc(CNCCCC(C)(C)C)cc1.Cc1ccc(C=O)c(F)c1.O=C=O. The third-order valence-corrected chi connectivity index (χ3v) is 8.47. The fourth-order valence-electron chi connectivity index (χ4n) is 5.52. The average Bonchev–Trinajstić information content (AvgIpc) is 3.17. The lowest BCUT2D eigenvalue weighted by Gasteiger charge is -2.27. The molecule has 0 saturated heterocycles. The first kappa shape index (κ1) is 51.4. The Morgan fingerprint density at radius 2 is 1.25 bits per heavy atom. The van der Waals surface area contributed by atoms with Crippen LogP contribution >= 0.6 is 0 Å². The van der Waals surface area contributed by atoms with Crippen LogP contribution < -0.4 is 19.7 Å². The van der Waals surface area contributed by atoms with Crippen LogP contribution in [-0.4, -0.2) is 57.6 Å². The third kappa shape index (κ3) is 22.8. The number of anilines is 1. The van der Waals surface area contributed by atoms with Gasteiger partial charge < -0.3 is 24.4 Å². The van der Waals surface area contributed by atoms with Crippen LogP contribution in [0.2, 0.25) is 0 Å². The maximum Gasteiger partial charge on any atom is 0.373 e. The van der Waals surface area contributed by atoms with E-state index in [0.29, 0.717) is 43.2 Å². The summed E-state index contributed by atoms with van der Waals surface area (Å²) in [5.74, 6) is 1.06. The van der Waals surface area contributed by atoms with Gasteiger partial charge in [0.25, 0.3) is 0 Å². The molecule has 0 radical (unpaired) electrons. The van der Waals surface area contributed by atoms with Gasteiger partial charge in [-0.3, -0.25) is 14.4 Å². The van der Waals surface area contributed by atoms with E-state index in [9.17, 15) is 18.8 Å². The molecule has 0 atom stereocenters. The number of ether oxygens (including phenoxy) is 3. The Bertz CT molecular complexity index is 1880. The topological polar surface area (TPSA) is 128 Å². The van der Waals surface area contributed by atoms with Gasteiger partial charge in [-0.05, 0) is 137 Å². The molecule has 0 amide bonds. The highest BCUT2D eigenvalue weighted by atomic mass is 19.1. The maximum atomic E-state index is 12.6. The summed E-state index contributed by atoms with van der Waals surface area (Å²) >= 11 is 0. The largest absolute Gasteiger partial charge is 0.497 e. The number of hydrogen-bond donors (Lipinski definition) is 1. The first-order chi connectivity index (χ1) is 27.9. The molecule has 0 aromatic heterocycles. The van der Waals surface area contributed by atoms with Crippen molar-refractivity contribution in [2.75, 3.05) is 32.2 Å². The first-order valence-electron chi connectivity index (χ1n) is 19.6. The van der Waals surface area contributed by atoms with Crippen LogP contribution in [0.1, 0.15) is 110 Å². The van der Waals surface area contributed by atoms with Gasteiger partial charge in [-0.25, -0.2) is 4.39 Å². The molecule has 0 heterocycles. The summed E-state index contributed by atoms with van der Waals surface area (Å²) in [5.41, 5.74) is 5.90. The van der Waals surface area contributed by atoms with Gasteiger partial charge in [0, 0.05) is 37.3 Å². The predicted octanol–water partition coefficient (Wildman–Crippen LogP) is 9.92. The van der Waals surface area contributed by atoms with Crippen LogP contribution in [0.3, 0.4) is 0 Å². The summed E-state index contributed by atoms with van der Waals surface area (Å²) in [5, 5.41) is 3.47. The summed E-state index contributed by atoms with van der Waals surface area (Å²) in [6.45, 7) is 19.5. The van der Waals surface area contributed by atoms with Gasteiger partial charge in [-0.2, -0.15) is 9.59 Å². The number of rotatable bonds is 16. The number of benzene rings is 4. The zero-order valence-electron chi connectivity index (χ0n) is 36.5. The zero-order chi connectivity index (χ0) is 44.4. The number of carbonyl (C=O) groups excluding carboxylic acids is 5. The maximum absolute atomic E-state index is 12.6. The van der Waals surface area contributed by atoms with Crippen molar-refractivity contribution >= 4 is 30.4 Å². The summed E-state index contributed by atoms with van der Waals surface area (Å²) < 4.78 is 28.4. The standard InChI is InChI=1S/C24H31NO4.C15H25NO.C8H7FO.CO2/c1-18-8-11-20(17-26)22(15-18)25(14-6-7-23(27)29-24(2,3)4)16-19-9-12-21(28-5)13-10-19;1-15(2,3)10-5-11-16-12-13-6-8-14(17-4)9-7-13;1-6-2-3-7(5-10)8(9)4-6;2-1-3/h8-13,15,17H,6-7,14,16H2,1-5H3;6-9,16H,5,10-12H2,1-4H3;2-5H,1H3;. The van der Waals surface area contributed by atoms with Crippen molar-refractivity contribution in [3.63, 3.8) is 0 Å². The fourth-order valence-corrected chi connectivity index (χ4v) is 5.52. The monoisotopic (exact) mass is 814 g/mol. The molecular formula is C48H63FN2O8. The van der Waals surface area contributed by atoms with Gasteiger partial charge in [0.05, 0.1) is 19.8 Å². The number of esters is 1. The van der Waals surface area contributed by atoms with Crippen molar-refractivity contribution in [2.24, 2.45) is 5.41 Å². The molecule has 0 aliphatic heterocycles. The van der Waals surface area contributed by atoms with Gasteiger partial charge in [-0.1, -0.05) is 57.2 Å². The Hall–Kier alpha value is -5.64. The number of hydrogen-bond acceptors (Lipinski definition) is 10. The number of nitrogens with one attached hydrogen (secondary N) is 1. The molecule has 4 aromatic carbocycles. The highest BCUT2D eigenvalue weighted by molar-refractivity contribution is 5.85. The van der Waals surface area contributed by atoms with Gasteiger partial charge in [-0.15, -0.1) is 0 Å². The lowest BCUT2D eigenvalue weighted by Crippen LogP contribution is -2.27. The van der Waals surface area contributed by atoms with E-state index >= 15 is 0 Å². The minimum atomic E-state index is -0.485. The second-order valence-corrected chi connectivity index (χ2v) is 16.1. The minimum absolute atomic E-state index is 0.116. The molecule has 0 unspecified atom stereocenters. The second-order valence-electron chi connectivity index (χ2n) is 16.1. The number of halogens is 1. The van der Waals surface area contributed by atoms with E-state index in [2.05, 4.69) is 43.1 Å². The van der Waals surface area contributed by atoms with Gasteiger partial charge in [0.2, 0.25) is 0 Å². The molecule has 0 spiro atoms. The molecule has 4 rings (SSSR count).